The second kappa shape index (κ2) is 7.41. The Kier molecular flexibility index (Phi) is 4.63. The van der Waals surface area contributed by atoms with E-state index in [1.165, 1.54) is 6.20 Å². The Morgan fingerprint density at radius 3 is 2.86 bits per heavy atom. The monoisotopic (exact) mass is 383 g/mol. The summed E-state index contributed by atoms with van der Waals surface area (Å²) >= 11 is 0. The number of hydrogen-bond donors (Lipinski definition) is 1. The highest BCUT2D eigenvalue weighted by molar-refractivity contribution is 5.77. The van der Waals surface area contributed by atoms with Crippen molar-refractivity contribution in [2.45, 2.75) is 26.4 Å². The van der Waals surface area contributed by atoms with Crippen LogP contribution in [0.25, 0.3) is 27.4 Å². The smallest absolute Gasteiger partial charge is 0.258 e. The highest BCUT2D eigenvalue weighted by atomic mass is 15.3. The highest BCUT2D eigenvalue weighted by Gasteiger charge is 2.14. The van der Waals surface area contributed by atoms with Gasteiger partial charge in [0.05, 0.1) is 23.6 Å². The van der Waals surface area contributed by atoms with Gasteiger partial charge in [0.15, 0.2) is 11.5 Å². The molecule has 0 aliphatic rings. The van der Waals surface area contributed by atoms with E-state index < -0.39 is 0 Å². The van der Waals surface area contributed by atoms with Gasteiger partial charge in [-0.2, -0.15) is 20.1 Å². The Balaban J connectivity index is 1.80. The molecule has 0 aliphatic carbocycles. The summed E-state index contributed by atoms with van der Waals surface area (Å²) in [6.07, 6.45) is 6.71. The van der Waals surface area contributed by atoms with Crippen molar-refractivity contribution in [3.63, 3.8) is 0 Å². The molecule has 0 saturated carbocycles. The topological polar surface area (TPSA) is 102 Å². The molecule has 0 unspecified atom stereocenters. The van der Waals surface area contributed by atoms with Crippen LogP contribution in [0.15, 0.2) is 43.0 Å². The van der Waals surface area contributed by atoms with Crippen LogP contribution in [0.3, 0.4) is 0 Å². The number of nitrogens with one attached hydrogen (secondary N) is 1. The van der Waals surface area contributed by atoms with Gasteiger partial charge in [-0.15, -0.1) is 0 Å². The average molecular weight is 383 g/mol. The van der Waals surface area contributed by atoms with E-state index >= 15 is 0 Å². The van der Waals surface area contributed by atoms with E-state index in [1.54, 1.807) is 27.8 Å². The average Bonchev–Trinajstić information content (AvgIpc) is 3.34. The molecule has 0 amide bonds. The maximum absolute atomic E-state index is 9.05. The summed E-state index contributed by atoms with van der Waals surface area (Å²) in [6.45, 7) is 11.3. The molecule has 0 bridgehead atoms. The molecule has 0 saturated heterocycles. The summed E-state index contributed by atoms with van der Waals surface area (Å²) in [6, 6.07) is 7.73. The molecule has 4 rings (SSSR count). The third kappa shape index (κ3) is 3.49. The van der Waals surface area contributed by atoms with Gasteiger partial charge in [-0.05, 0) is 26.0 Å². The number of nitrogens with zero attached hydrogens (tertiary/aromatic N) is 8. The first-order chi connectivity index (χ1) is 14.1. The first-order valence-electron chi connectivity index (χ1n) is 8.98. The molecule has 0 fully saturated rings. The molecular weight excluding hydrogens is 366 g/mol. The zero-order valence-electron chi connectivity index (χ0n) is 15.9. The largest absolute Gasteiger partial charge is 0.381 e. The zero-order chi connectivity index (χ0) is 20.4. The van der Waals surface area contributed by atoms with Crippen molar-refractivity contribution in [3.05, 3.63) is 65.7 Å². The Morgan fingerprint density at radius 2 is 2.10 bits per heavy atom. The van der Waals surface area contributed by atoms with Gasteiger partial charge in [0.2, 0.25) is 0 Å². The number of rotatable bonds is 5. The van der Waals surface area contributed by atoms with Crippen LogP contribution in [-0.4, -0.2) is 35.6 Å². The molecule has 29 heavy (non-hydrogen) atoms. The number of pyridine rings is 2. The molecular formula is C20H17N9. The minimum atomic E-state index is 0.188. The van der Waals surface area contributed by atoms with Gasteiger partial charge in [0, 0.05) is 29.9 Å². The van der Waals surface area contributed by atoms with E-state index in [2.05, 4.69) is 36.4 Å². The molecule has 0 aromatic carbocycles. The number of fused-ring (bicyclic) bond motifs is 1. The van der Waals surface area contributed by atoms with Crippen LogP contribution < -0.4 is 5.32 Å². The number of aromatic nitrogens is 6. The molecule has 4 aromatic rings. The summed E-state index contributed by atoms with van der Waals surface area (Å²) in [4.78, 5) is 12.3. The van der Waals surface area contributed by atoms with Gasteiger partial charge in [0.1, 0.15) is 17.5 Å². The normalized spacial score (nSPS) is 10.8. The molecule has 0 atom stereocenters. The van der Waals surface area contributed by atoms with Gasteiger partial charge in [0.25, 0.3) is 6.54 Å². The minimum Gasteiger partial charge on any atom is -0.381 e. The molecule has 0 spiro atoms. The standard InChI is InChI=1S/C20H17N9/c1-13(2)26-17-7-19(23-12-18(17)28-5-4-16(27-28)11-22-3)29-20-15(10-25-29)6-14(8-21)9-24-20/h4-7,9-10,12-13H,11H2,1-2H3,(H,23,26). The maximum Gasteiger partial charge on any atom is 0.258 e. The fraction of sp³-hybridized carbons (Fsp3) is 0.200. The third-order valence-electron chi connectivity index (χ3n) is 4.20. The van der Waals surface area contributed by atoms with Crippen molar-refractivity contribution in [3.8, 4) is 17.6 Å². The molecule has 1 N–H and O–H groups in total. The predicted octanol–water partition coefficient (Wildman–Crippen LogP) is 3.11. The van der Waals surface area contributed by atoms with E-state index in [0.717, 1.165) is 16.8 Å². The van der Waals surface area contributed by atoms with Gasteiger partial charge in [-0.1, -0.05) is 0 Å². The summed E-state index contributed by atoms with van der Waals surface area (Å²) in [5.74, 6) is 0.595. The van der Waals surface area contributed by atoms with E-state index in [1.807, 2.05) is 32.2 Å². The quantitative estimate of drug-likeness (QED) is 0.531. The number of anilines is 1. The van der Waals surface area contributed by atoms with Gasteiger partial charge in [-0.3, -0.25) is 0 Å². The van der Waals surface area contributed by atoms with Crippen LogP contribution in [0.2, 0.25) is 0 Å². The van der Waals surface area contributed by atoms with Crippen LogP contribution in [-0.2, 0) is 6.54 Å². The molecule has 4 aromatic heterocycles. The third-order valence-corrected chi connectivity index (χ3v) is 4.20. The van der Waals surface area contributed by atoms with Crippen LogP contribution >= 0.6 is 0 Å². The van der Waals surface area contributed by atoms with Crippen LogP contribution in [0, 0.1) is 17.9 Å². The lowest BCUT2D eigenvalue weighted by Crippen LogP contribution is -2.14. The van der Waals surface area contributed by atoms with Crippen LogP contribution in [0.5, 0.6) is 0 Å². The van der Waals surface area contributed by atoms with Crippen molar-refractivity contribution in [2.24, 2.45) is 0 Å². The van der Waals surface area contributed by atoms with Crippen molar-refractivity contribution in [2.75, 3.05) is 5.32 Å². The van der Waals surface area contributed by atoms with Gasteiger partial charge in [-0.25, -0.2) is 21.2 Å². The maximum atomic E-state index is 9.05. The molecule has 9 heteroatoms. The Labute approximate surface area is 167 Å². The minimum absolute atomic E-state index is 0.188. The first kappa shape index (κ1) is 18.1. The lowest BCUT2D eigenvalue weighted by Gasteiger charge is -2.16. The van der Waals surface area contributed by atoms with Crippen molar-refractivity contribution in [1.82, 2.24) is 29.5 Å². The Bertz CT molecular complexity index is 1270. The van der Waals surface area contributed by atoms with Crippen molar-refractivity contribution >= 4 is 16.7 Å². The van der Waals surface area contributed by atoms with E-state index in [-0.39, 0.29) is 12.6 Å². The Hall–Kier alpha value is -4.24. The lowest BCUT2D eigenvalue weighted by atomic mass is 10.2. The summed E-state index contributed by atoms with van der Waals surface area (Å²) < 4.78 is 3.35. The van der Waals surface area contributed by atoms with Gasteiger partial charge >= 0.3 is 0 Å². The fourth-order valence-corrected chi connectivity index (χ4v) is 2.97. The number of nitriles is 1. The predicted molar refractivity (Wildman–Crippen MR) is 108 cm³/mol. The lowest BCUT2D eigenvalue weighted by molar-refractivity contribution is 0.820. The van der Waals surface area contributed by atoms with Crippen LogP contribution in [0.4, 0.5) is 5.69 Å². The van der Waals surface area contributed by atoms with E-state index in [4.69, 9.17) is 11.8 Å². The Morgan fingerprint density at radius 1 is 1.24 bits per heavy atom. The van der Waals surface area contributed by atoms with E-state index in [0.29, 0.717) is 22.7 Å². The second-order valence-corrected chi connectivity index (χ2v) is 6.73. The van der Waals surface area contributed by atoms with Crippen LogP contribution in [0.1, 0.15) is 25.1 Å². The number of hydrogen-bond acceptors (Lipinski definition) is 6. The molecule has 142 valence electrons. The fourth-order valence-electron chi connectivity index (χ4n) is 2.97. The van der Waals surface area contributed by atoms with Crippen molar-refractivity contribution < 1.29 is 0 Å². The molecule has 0 radical (unpaired) electrons. The second-order valence-electron chi connectivity index (χ2n) is 6.73. The highest BCUT2D eigenvalue weighted by Crippen LogP contribution is 2.24. The van der Waals surface area contributed by atoms with Crippen molar-refractivity contribution in [1.29, 1.82) is 5.26 Å². The molecule has 0 aliphatic heterocycles. The molecule has 4 heterocycles. The summed E-state index contributed by atoms with van der Waals surface area (Å²) in [7, 11) is 0. The zero-order valence-corrected chi connectivity index (χ0v) is 15.9. The first-order valence-corrected chi connectivity index (χ1v) is 8.98. The summed E-state index contributed by atoms with van der Waals surface area (Å²) in [5.41, 5.74) is 3.42. The van der Waals surface area contributed by atoms with E-state index in [9.17, 15) is 0 Å². The summed E-state index contributed by atoms with van der Waals surface area (Å²) in [5, 5.41) is 22.1. The molecule has 9 nitrogen and oxygen atoms in total. The van der Waals surface area contributed by atoms with Gasteiger partial charge < -0.3 is 10.2 Å². The SMILES string of the molecule is [C-]#[N+]Cc1ccn(-c2cnc(-n3ncc4cc(C#N)cnc43)cc2NC(C)C)n1.